The number of methoxy groups -OCH3 is 1. The summed E-state index contributed by atoms with van der Waals surface area (Å²) < 4.78 is 50.6. The molecule has 13 heteroatoms. The first-order valence-electron chi connectivity index (χ1n) is 10.2. The van der Waals surface area contributed by atoms with Crippen LogP contribution in [0, 0.1) is 0 Å². The molecule has 0 saturated heterocycles. The Bertz CT molecular complexity index is 1650. The monoisotopic (exact) mass is 514 g/mol. The van der Waals surface area contributed by atoms with Crippen LogP contribution in [0.2, 0.25) is 5.02 Å². The number of rotatable bonds is 4. The molecule has 0 aliphatic carbocycles. The van der Waals surface area contributed by atoms with Gasteiger partial charge in [-0.2, -0.15) is 27.9 Å². The van der Waals surface area contributed by atoms with Gasteiger partial charge in [0.25, 0.3) is 5.91 Å². The molecule has 36 heavy (non-hydrogen) atoms. The van der Waals surface area contributed by atoms with Crippen LogP contribution in [0.4, 0.5) is 13.2 Å². The Morgan fingerprint density at radius 3 is 2.72 bits per heavy atom. The van der Waals surface area contributed by atoms with Crippen molar-refractivity contribution in [1.29, 1.82) is 0 Å². The zero-order valence-electron chi connectivity index (χ0n) is 18.2. The molecule has 182 valence electrons. The summed E-state index contributed by atoms with van der Waals surface area (Å²) in [5.74, 6) is 0.523. The van der Waals surface area contributed by atoms with Crippen molar-refractivity contribution in [2.75, 3.05) is 7.11 Å². The minimum atomic E-state index is -5.03. The third kappa shape index (κ3) is 3.51. The molecule has 4 heterocycles. The highest BCUT2D eigenvalue weighted by Gasteiger charge is 2.43. The molecule has 1 aliphatic rings. The molecular formula is C23H14ClF3N6O3. The number of nitrogens with one attached hydrogen (secondary N) is 1. The summed E-state index contributed by atoms with van der Waals surface area (Å²) in [5, 5.41) is 11.2. The van der Waals surface area contributed by atoms with E-state index in [9.17, 15) is 22.8 Å². The first kappa shape index (κ1) is 23.2. The van der Waals surface area contributed by atoms with Gasteiger partial charge in [0.2, 0.25) is 5.88 Å². The summed E-state index contributed by atoms with van der Waals surface area (Å²) in [6.45, 7) is 0. The van der Waals surface area contributed by atoms with Gasteiger partial charge in [-0.25, -0.2) is 9.48 Å². The molecule has 3 aromatic heterocycles. The fourth-order valence-electron chi connectivity index (χ4n) is 4.10. The van der Waals surface area contributed by atoms with Crippen LogP contribution in [-0.2, 0) is 11.0 Å². The number of carbonyl (C=O) groups is 1. The number of halogens is 4. The van der Waals surface area contributed by atoms with Crippen molar-refractivity contribution in [1.82, 2.24) is 24.7 Å². The van der Waals surface area contributed by atoms with E-state index in [2.05, 4.69) is 15.5 Å². The largest absolute Gasteiger partial charge is 0.481 e. The lowest BCUT2D eigenvalue weighted by molar-refractivity contribution is -0.143. The topological polar surface area (TPSA) is 117 Å². The highest BCUT2D eigenvalue weighted by Crippen LogP contribution is 2.41. The van der Waals surface area contributed by atoms with E-state index in [4.69, 9.17) is 22.1 Å². The van der Waals surface area contributed by atoms with Crippen LogP contribution in [0.15, 0.2) is 42.7 Å². The molecule has 3 N–H and O–H groups in total. The van der Waals surface area contributed by atoms with Crippen LogP contribution >= 0.6 is 11.6 Å². The number of ether oxygens (including phenoxy) is 1. The summed E-state index contributed by atoms with van der Waals surface area (Å²) in [5.41, 5.74) is 3.90. The molecule has 0 saturated carbocycles. The number of alkyl halides is 3. The van der Waals surface area contributed by atoms with Gasteiger partial charge >= 0.3 is 6.18 Å². The van der Waals surface area contributed by atoms with Crippen molar-refractivity contribution in [2.24, 2.45) is 5.73 Å². The number of hydrogen-bond donors (Lipinski definition) is 2. The van der Waals surface area contributed by atoms with Crippen molar-refractivity contribution < 1.29 is 27.5 Å². The van der Waals surface area contributed by atoms with Crippen molar-refractivity contribution in [3.63, 3.8) is 0 Å². The van der Waals surface area contributed by atoms with Gasteiger partial charge in [0.05, 0.1) is 35.1 Å². The van der Waals surface area contributed by atoms with E-state index in [1.165, 1.54) is 54.4 Å². The second-order valence-corrected chi connectivity index (χ2v) is 8.02. The van der Waals surface area contributed by atoms with E-state index in [0.717, 1.165) is 0 Å². The second kappa shape index (κ2) is 8.29. The van der Waals surface area contributed by atoms with E-state index in [0.29, 0.717) is 15.8 Å². The van der Waals surface area contributed by atoms with Crippen LogP contribution in [0.1, 0.15) is 27.2 Å². The summed E-state index contributed by atoms with van der Waals surface area (Å²) >= 11 is 6.19. The molecule has 0 fully saturated rings. The Hall–Kier alpha value is -4.54. The lowest BCUT2D eigenvalue weighted by atomic mass is 10.00. The molecule has 0 spiro atoms. The molecule has 0 atom stereocenters. The Balaban J connectivity index is 1.87. The standard InChI is InChI=1S/C23H14ClF3N6O3/c1-36-18-8-11(7-17-14(24)9-30-32(17)18)20-19(22(28)35)21(23(25,26)27)33(31-20)16-4-2-3-12-13(16)5-6-29-15(12)10-34/h2-9,29H,1H3,(H2,28,35). The van der Waals surface area contributed by atoms with E-state index in [1.807, 2.05) is 0 Å². The van der Waals surface area contributed by atoms with Gasteiger partial charge in [-0.1, -0.05) is 23.7 Å². The van der Waals surface area contributed by atoms with Gasteiger partial charge in [0, 0.05) is 29.0 Å². The normalized spacial score (nSPS) is 12.9. The maximum Gasteiger partial charge on any atom is 0.434 e. The van der Waals surface area contributed by atoms with Gasteiger partial charge < -0.3 is 15.8 Å². The van der Waals surface area contributed by atoms with Gasteiger partial charge in [0.15, 0.2) is 11.6 Å². The first-order chi connectivity index (χ1) is 17.2. The summed E-state index contributed by atoms with van der Waals surface area (Å²) in [7, 11) is 1.34. The quantitative estimate of drug-likeness (QED) is 0.401. The minimum absolute atomic E-state index is 0.0329. The molecule has 1 aliphatic heterocycles. The van der Waals surface area contributed by atoms with Crippen molar-refractivity contribution >= 4 is 40.7 Å². The lowest BCUT2D eigenvalue weighted by Crippen LogP contribution is -2.22. The predicted octanol–water partition coefficient (Wildman–Crippen LogP) is 3.71. The number of benzene rings is 1. The fraction of sp³-hybridized carbons (Fsp3) is 0.0870. The third-order valence-corrected chi connectivity index (χ3v) is 5.87. The van der Waals surface area contributed by atoms with Crippen LogP contribution in [0.25, 0.3) is 34.2 Å². The lowest BCUT2D eigenvalue weighted by Gasteiger charge is -2.18. The first-order valence-corrected chi connectivity index (χ1v) is 10.6. The Kier molecular flexibility index (Phi) is 5.35. The highest BCUT2D eigenvalue weighted by atomic mass is 35.5. The van der Waals surface area contributed by atoms with Crippen molar-refractivity contribution in [2.45, 2.75) is 6.18 Å². The van der Waals surface area contributed by atoms with Crippen molar-refractivity contribution in [3.8, 4) is 22.8 Å². The summed E-state index contributed by atoms with van der Waals surface area (Å²) in [6.07, 6.45) is -0.815. The van der Waals surface area contributed by atoms with E-state index < -0.39 is 23.3 Å². The number of hydrogen-bond acceptors (Lipinski definition) is 6. The number of carbonyl (C=O) groups excluding carboxylic acids is 2. The third-order valence-electron chi connectivity index (χ3n) is 5.58. The molecule has 4 aromatic rings. The Labute approximate surface area is 205 Å². The average Bonchev–Trinajstić information content (AvgIpc) is 3.44. The number of aromatic nitrogens is 4. The predicted molar refractivity (Wildman–Crippen MR) is 124 cm³/mol. The molecule has 0 unspecified atom stereocenters. The van der Waals surface area contributed by atoms with E-state index in [-0.39, 0.29) is 39.1 Å². The van der Waals surface area contributed by atoms with Crippen LogP contribution in [-0.4, -0.2) is 38.4 Å². The maximum atomic E-state index is 14.4. The highest BCUT2D eigenvalue weighted by molar-refractivity contribution is 6.33. The van der Waals surface area contributed by atoms with E-state index >= 15 is 0 Å². The number of amides is 1. The summed E-state index contributed by atoms with van der Waals surface area (Å²) in [4.78, 5) is 23.8. The molecule has 0 bridgehead atoms. The number of fused-ring (bicyclic) bond motifs is 2. The second-order valence-electron chi connectivity index (χ2n) is 7.62. The zero-order chi connectivity index (χ0) is 25.8. The summed E-state index contributed by atoms with van der Waals surface area (Å²) in [6, 6.07) is 7.18. The maximum absolute atomic E-state index is 14.4. The van der Waals surface area contributed by atoms with Crippen LogP contribution in [0.3, 0.4) is 0 Å². The fourth-order valence-corrected chi connectivity index (χ4v) is 4.28. The number of nitrogens with zero attached hydrogens (tertiary/aromatic N) is 4. The molecule has 0 radical (unpaired) electrons. The minimum Gasteiger partial charge on any atom is -0.481 e. The van der Waals surface area contributed by atoms with Gasteiger partial charge in [-0.05, 0) is 18.2 Å². The number of nitrogens with two attached hydrogens (primary N) is 1. The van der Waals surface area contributed by atoms with Crippen molar-refractivity contribution in [3.05, 3.63) is 70.1 Å². The van der Waals surface area contributed by atoms with E-state index in [1.54, 1.807) is 12.0 Å². The van der Waals surface area contributed by atoms with Gasteiger partial charge in [-0.15, -0.1) is 0 Å². The number of pyridine rings is 1. The number of primary amides is 1. The molecule has 1 amide bonds. The van der Waals surface area contributed by atoms with Gasteiger partial charge in [-0.3, -0.25) is 4.79 Å². The average molecular weight is 515 g/mol. The molecule has 9 nitrogen and oxygen atoms in total. The van der Waals surface area contributed by atoms with Gasteiger partial charge in [0.1, 0.15) is 11.4 Å². The Morgan fingerprint density at radius 2 is 2.06 bits per heavy atom. The van der Waals surface area contributed by atoms with Crippen LogP contribution < -0.4 is 15.8 Å². The molecular weight excluding hydrogens is 501 g/mol. The molecule has 1 aromatic carbocycles. The smallest absolute Gasteiger partial charge is 0.434 e. The Morgan fingerprint density at radius 1 is 1.28 bits per heavy atom. The molecule has 5 rings (SSSR count). The van der Waals surface area contributed by atoms with Crippen LogP contribution in [0.5, 0.6) is 5.88 Å². The SMILES string of the molecule is COc1cc(-c2nn(-c3cccc4c3C=CNC4=C=O)c(C(F)(F)F)c2C(N)=O)cc2c(Cl)cnn12. The zero-order valence-corrected chi connectivity index (χ0v) is 19.0.